The molecule has 0 aliphatic carbocycles. The Hall–Kier alpha value is -0.190. The fourth-order valence-electron chi connectivity index (χ4n) is 0.764. The molecule has 1 aromatic rings. The molecule has 1 atom stereocenters. The van der Waals surface area contributed by atoms with E-state index in [0.29, 0.717) is 18.1 Å². The first-order valence-corrected chi connectivity index (χ1v) is 5.82. The van der Waals surface area contributed by atoms with E-state index in [0.717, 1.165) is 5.56 Å². The molecule has 11 heavy (non-hydrogen) atoms. The van der Waals surface area contributed by atoms with Gasteiger partial charge in [0.1, 0.15) is 0 Å². The summed E-state index contributed by atoms with van der Waals surface area (Å²) >= 11 is 1.63. The van der Waals surface area contributed by atoms with Crippen LogP contribution in [0.1, 0.15) is 5.56 Å². The summed E-state index contributed by atoms with van der Waals surface area (Å²) in [5.74, 6) is 1.26. The molecule has 0 aliphatic rings. The van der Waals surface area contributed by atoms with Crippen LogP contribution < -0.4 is 5.73 Å². The summed E-state index contributed by atoms with van der Waals surface area (Å²) in [5, 5.41) is 4.02. The highest BCUT2D eigenvalue weighted by molar-refractivity contribution is 7.84. The number of rotatable bonds is 4. The molecule has 0 saturated carbocycles. The zero-order valence-corrected chi connectivity index (χ0v) is 7.79. The highest BCUT2D eigenvalue weighted by Gasteiger charge is 1.99. The molecule has 1 aromatic heterocycles. The summed E-state index contributed by atoms with van der Waals surface area (Å²) < 4.78 is 11.1. The summed E-state index contributed by atoms with van der Waals surface area (Å²) in [6.45, 7) is 0.511. The van der Waals surface area contributed by atoms with Crippen LogP contribution in [-0.4, -0.2) is 16.5 Å². The maximum absolute atomic E-state index is 11.1. The van der Waals surface area contributed by atoms with Crippen molar-refractivity contribution in [2.24, 2.45) is 5.73 Å². The molecular formula is C7H11NOS2. The van der Waals surface area contributed by atoms with E-state index in [2.05, 4.69) is 0 Å². The molecule has 0 aliphatic heterocycles. The minimum atomic E-state index is -0.768. The molecule has 0 aromatic carbocycles. The van der Waals surface area contributed by atoms with Gasteiger partial charge in [0.25, 0.3) is 0 Å². The quantitative estimate of drug-likeness (QED) is 0.766. The minimum absolute atomic E-state index is 0.511. The van der Waals surface area contributed by atoms with E-state index in [9.17, 15) is 4.21 Å². The van der Waals surface area contributed by atoms with Gasteiger partial charge in [0.2, 0.25) is 0 Å². The first kappa shape index (κ1) is 8.90. The SMILES string of the molecule is NCCS(=O)Cc1ccsc1. The third-order valence-corrected chi connectivity index (χ3v) is 3.33. The molecule has 0 bridgehead atoms. The molecule has 4 heteroatoms. The van der Waals surface area contributed by atoms with E-state index >= 15 is 0 Å². The van der Waals surface area contributed by atoms with E-state index in [1.165, 1.54) is 0 Å². The number of nitrogens with two attached hydrogens (primary N) is 1. The maximum Gasteiger partial charge on any atom is 0.0494 e. The molecule has 1 unspecified atom stereocenters. The van der Waals surface area contributed by atoms with Gasteiger partial charge in [-0.05, 0) is 22.4 Å². The van der Waals surface area contributed by atoms with Gasteiger partial charge in [0.05, 0.1) is 0 Å². The van der Waals surface area contributed by atoms with Crippen LogP contribution in [0.2, 0.25) is 0 Å². The van der Waals surface area contributed by atoms with Gasteiger partial charge in [0.15, 0.2) is 0 Å². The fraction of sp³-hybridized carbons (Fsp3) is 0.429. The molecule has 62 valence electrons. The molecule has 0 spiro atoms. The second-order valence-electron chi connectivity index (χ2n) is 2.21. The lowest BCUT2D eigenvalue weighted by Gasteiger charge is -1.95. The summed E-state index contributed by atoms with van der Waals surface area (Å²) in [7, 11) is -0.768. The highest BCUT2D eigenvalue weighted by Crippen LogP contribution is 2.08. The second kappa shape index (κ2) is 4.64. The van der Waals surface area contributed by atoms with Gasteiger partial charge < -0.3 is 5.73 Å². The number of hydrogen-bond donors (Lipinski definition) is 1. The van der Waals surface area contributed by atoms with Gasteiger partial charge in [-0.15, -0.1) is 0 Å². The van der Waals surface area contributed by atoms with Crippen molar-refractivity contribution in [1.29, 1.82) is 0 Å². The molecule has 0 radical (unpaired) electrons. The lowest BCUT2D eigenvalue weighted by atomic mass is 10.4. The van der Waals surface area contributed by atoms with Gasteiger partial charge in [-0.3, -0.25) is 4.21 Å². The topological polar surface area (TPSA) is 43.1 Å². The van der Waals surface area contributed by atoms with Crippen LogP contribution in [0.15, 0.2) is 16.8 Å². The Bertz CT molecular complexity index is 220. The molecule has 0 amide bonds. The smallest absolute Gasteiger partial charge is 0.0494 e. The molecule has 0 fully saturated rings. The summed E-state index contributed by atoms with van der Waals surface area (Å²) in [6, 6.07) is 2.00. The molecule has 2 nitrogen and oxygen atoms in total. The van der Waals surface area contributed by atoms with Crippen LogP contribution in [0.3, 0.4) is 0 Å². The average molecular weight is 189 g/mol. The van der Waals surface area contributed by atoms with Crippen LogP contribution in [0.5, 0.6) is 0 Å². The van der Waals surface area contributed by atoms with E-state index in [1.807, 2.05) is 16.8 Å². The summed E-state index contributed by atoms with van der Waals surface area (Å²) in [6.07, 6.45) is 0. The molecule has 1 rings (SSSR count). The lowest BCUT2D eigenvalue weighted by molar-refractivity contribution is 0.682. The van der Waals surface area contributed by atoms with Crippen LogP contribution >= 0.6 is 11.3 Å². The number of hydrogen-bond acceptors (Lipinski definition) is 3. The predicted octanol–water partition coefficient (Wildman–Crippen LogP) is 0.956. The van der Waals surface area contributed by atoms with Crippen LogP contribution in [0.4, 0.5) is 0 Å². The van der Waals surface area contributed by atoms with Crippen LogP contribution in [-0.2, 0) is 16.6 Å². The normalized spacial score (nSPS) is 13.2. The minimum Gasteiger partial charge on any atom is -0.330 e. The van der Waals surface area contributed by atoms with Crippen molar-refractivity contribution in [2.45, 2.75) is 5.75 Å². The Balaban J connectivity index is 2.37. The van der Waals surface area contributed by atoms with Gasteiger partial charge in [-0.2, -0.15) is 11.3 Å². The van der Waals surface area contributed by atoms with Crippen molar-refractivity contribution in [3.63, 3.8) is 0 Å². The van der Waals surface area contributed by atoms with Gasteiger partial charge in [-0.1, -0.05) is 0 Å². The van der Waals surface area contributed by atoms with Crippen molar-refractivity contribution in [2.75, 3.05) is 12.3 Å². The first-order valence-electron chi connectivity index (χ1n) is 3.39. The lowest BCUT2D eigenvalue weighted by Crippen LogP contribution is -2.11. The Morgan fingerprint density at radius 1 is 1.64 bits per heavy atom. The van der Waals surface area contributed by atoms with Crippen molar-refractivity contribution in [3.05, 3.63) is 22.4 Å². The Morgan fingerprint density at radius 2 is 2.45 bits per heavy atom. The highest BCUT2D eigenvalue weighted by atomic mass is 32.2. The average Bonchev–Trinajstić information content (AvgIpc) is 2.40. The van der Waals surface area contributed by atoms with E-state index in [4.69, 9.17) is 5.73 Å². The molecule has 1 heterocycles. The summed E-state index contributed by atoms with van der Waals surface area (Å²) in [5.41, 5.74) is 6.42. The Labute approximate surface area is 72.9 Å². The fourth-order valence-corrected chi connectivity index (χ4v) is 2.50. The molecular weight excluding hydrogens is 178 g/mol. The zero-order valence-electron chi connectivity index (χ0n) is 6.16. The van der Waals surface area contributed by atoms with Gasteiger partial charge >= 0.3 is 0 Å². The van der Waals surface area contributed by atoms with E-state index in [1.54, 1.807) is 11.3 Å². The first-order chi connectivity index (χ1) is 5.33. The summed E-state index contributed by atoms with van der Waals surface area (Å²) in [4.78, 5) is 0. The van der Waals surface area contributed by atoms with Crippen molar-refractivity contribution < 1.29 is 4.21 Å². The maximum atomic E-state index is 11.1. The number of thiophene rings is 1. The monoisotopic (exact) mass is 189 g/mol. The van der Waals surface area contributed by atoms with E-state index in [-0.39, 0.29) is 0 Å². The van der Waals surface area contributed by atoms with E-state index < -0.39 is 10.8 Å². The third kappa shape index (κ3) is 3.14. The molecule has 2 N–H and O–H groups in total. The van der Waals surface area contributed by atoms with Crippen molar-refractivity contribution in [1.82, 2.24) is 0 Å². The third-order valence-electron chi connectivity index (χ3n) is 1.25. The standard InChI is InChI=1S/C7H11NOS2/c8-2-4-11(9)6-7-1-3-10-5-7/h1,3,5H,2,4,6,8H2. The van der Waals surface area contributed by atoms with Crippen molar-refractivity contribution >= 4 is 22.1 Å². The van der Waals surface area contributed by atoms with Crippen LogP contribution in [0, 0.1) is 0 Å². The second-order valence-corrected chi connectivity index (χ2v) is 4.57. The largest absolute Gasteiger partial charge is 0.330 e. The van der Waals surface area contributed by atoms with Crippen molar-refractivity contribution in [3.8, 4) is 0 Å². The zero-order chi connectivity index (χ0) is 8.10. The predicted molar refractivity (Wildman–Crippen MR) is 50.1 cm³/mol. The van der Waals surface area contributed by atoms with Gasteiger partial charge in [-0.25, -0.2) is 0 Å². The Morgan fingerprint density at radius 3 is 3.00 bits per heavy atom. The van der Waals surface area contributed by atoms with Gasteiger partial charge in [0, 0.05) is 28.9 Å². The van der Waals surface area contributed by atoms with Crippen LogP contribution in [0.25, 0.3) is 0 Å². The molecule has 0 saturated heterocycles. The Kier molecular flexibility index (Phi) is 3.76.